The average Bonchev–Trinajstić information content (AvgIpc) is 2.56. The Labute approximate surface area is 137 Å². The number of hydrogen-bond acceptors (Lipinski definition) is 3. The van der Waals surface area contributed by atoms with Gasteiger partial charge in [-0.25, -0.2) is 0 Å². The summed E-state index contributed by atoms with van der Waals surface area (Å²) in [6.07, 6.45) is 0.713. The maximum atomic E-state index is 12.6. The van der Waals surface area contributed by atoms with Crippen LogP contribution in [0.25, 0.3) is 0 Å². The molecule has 1 amide bonds. The molecule has 23 heavy (non-hydrogen) atoms. The first kappa shape index (κ1) is 17.0. The molecule has 0 aromatic heterocycles. The fourth-order valence-electron chi connectivity index (χ4n) is 2.62. The number of carbonyl (C=O) groups excluding carboxylic acids is 1. The van der Waals surface area contributed by atoms with E-state index in [9.17, 15) is 15.0 Å². The summed E-state index contributed by atoms with van der Waals surface area (Å²) in [7, 11) is 1.75. The Balaban J connectivity index is 2.14. The third kappa shape index (κ3) is 4.33. The molecule has 122 valence electrons. The predicted molar refractivity (Wildman–Crippen MR) is 90.2 cm³/mol. The van der Waals surface area contributed by atoms with Gasteiger partial charge in [-0.3, -0.25) is 4.79 Å². The Morgan fingerprint density at radius 1 is 1.17 bits per heavy atom. The number of benzene rings is 2. The summed E-state index contributed by atoms with van der Waals surface area (Å²) in [5.41, 5.74) is 2.57. The number of nitrogens with zero attached hydrogens (tertiary/aromatic N) is 1. The van der Waals surface area contributed by atoms with Crippen LogP contribution in [0.5, 0.6) is 5.75 Å². The number of aryl methyl sites for hydroxylation is 1. The fourth-order valence-corrected chi connectivity index (χ4v) is 2.62. The molecule has 4 nitrogen and oxygen atoms in total. The van der Waals surface area contributed by atoms with Gasteiger partial charge in [0.25, 0.3) is 0 Å². The first-order valence-corrected chi connectivity index (χ1v) is 7.73. The Morgan fingerprint density at radius 2 is 1.87 bits per heavy atom. The summed E-state index contributed by atoms with van der Waals surface area (Å²) in [5.74, 6) is 0.156. The molecule has 0 aliphatic heterocycles. The van der Waals surface area contributed by atoms with Crippen LogP contribution in [0.3, 0.4) is 0 Å². The van der Waals surface area contributed by atoms with E-state index in [1.165, 1.54) is 0 Å². The lowest BCUT2D eigenvalue weighted by Gasteiger charge is -2.28. The molecule has 0 aliphatic carbocycles. The molecule has 0 saturated carbocycles. The van der Waals surface area contributed by atoms with Crippen molar-refractivity contribution in [2.24, 2.45) is 0 Å². The van der Waals surface area contributed by atoms with Gasteiger partial charge in [0.05, 0.1) is 12.5 Å². The van der Waals surface area contributed by atoms with Crippen molar-refractivity contribution in [2.75, 3.05) is 13.7 Å². The van der Waals surface area contributed by atoms with E-state index in [-0.39, 0.29) is 30.7 Å². The molecule has 2 aromatic rings. The van der Waals surface area contributed by atoms with Gasteiger partial charge < -0.3 is 15.1 Å². The van der Waals surface area contributed by atoms with Crippen molar-refractivity contribution in [3.63, 3.8) is 0 Å². The minimum atomic E-state index is -0.159. The fraction of sp³-hybridized carbons (Fsp3) is 0.316. The highest BCUT2D eigenvalue weighted by molar-refractivity contribution is 5.79. The van der Waals surface area contributed by atoms with E-state index in [0.717, 1.165) is 16.7 Å². The van der Waals surface area contributed by atoms with Crippen LogP contribution in [0, 0.1) is 6.92 Å². The molecule has 0 unspecified atom stereocenters. The van der Waals surface area contributed by atoms with E-state index < -0.39 is 0 Å². The SMILES string of the molecule is Cc1ccc(CC(=O)N(C)[C@@H](CCO)c2ccccc2)cc1O. The van der Waals surface area contributed by atoms with E-state index in [2.05, 4.69) is 0 Å². The summed E-state index contributed by atoms with van der Waals surface area (Å²) in [5, 5.41) is 19.1. The molecule has 0 radical (unpaired) electrons. The largest absolute Gasteiger partial charge is 0.508 e. The zero-order valence-corrected chi connectivity index (χ0v) is 13.6. The molecular weight excluding hydrogens is 290 g/mol. The van der Waals surface area contributed by atoms with Gasteiger partial charge in [0.15, 0.2) is 0 Å². The molecule has 2 aromatic carbocycles. The molecule has 2 rings (SSSR count). The highest BCUT2D eigenvalue weighted by Gasteiger charge is 2.21. The van der Waals surface area contributed by atoms with E-state index >= 15 is 0 Å². The Morgan fingerprint density at radius 3 is 2.48 bits per heavy atom. The highest BCUT2D eigenvalue weighted by Crippen LogP contribution is 2.24. The number of aliphatic hydroxyl groups is 1. The van der Waals surface area contributed by atoms with E-state index in [0.29, 0.717) is 6.42 Å². The van der Waals surface area contributed by atoms with Crippen LogP contribution in [0.4, 0.5) is 0 Å². The summed E-state index contributed by atoms with van der Waals surface area (Å²) in [4.78, 5) is 14.2. The number of aromatic hydroxyl groups is 1. The zero-order chi connectivity index (χ0) is 16.8. The minimum Gasteiger partial charge on any atom is -0.508 e. The molecule has 0 saturated heterocycles. The Hall–Kier alpha value is -2.33. The molecule has 0 bridgehead atoms. The molecule has 0 heterocycles. The van der Waals surface area contributed by atoms with Gasteiger partial charge in [0.1, 0.15) is 5.75 Å². The second kappa shape index (κ2) is 7.79. The van der Waals surface area contributed by atoms with Crippen LogP contribution < -0.4 is 0 Å². The molecule has 4 heteroatoms. The summed E-state index contributed by atoms with van der Waals surface area (Å²) in [6, 6.07) is 14.8. The maximum Gasteiger partial charge on any atom is 0.227 e. The van der Waals surface area contributed by atoms with Crippen LogP contribution in [-0.4, -0.2) is 34.7 Å². The highest BCUT2D eigenvalue weighted by atomic mass is 16.3. The van der Waals surface area contributed by atoms with Crippen molar-refractivity contribution < 1.29 is 15.0 Å². The lowest BCUT2D eigenvalue weighted by molar-refractivity contribution is -0.131. The Kier molecular flexibility index (Phi) is 5.77. The van der Waals surface area contributed by atoms with Crippen molar-refractivity contribution in [1.82, 2.24) is 4.90 Å². The van der Waals surface area contributed by atoms with Gasteiger partial charge in [-0.2, -0.15) is 0 Å². The van der Waals surface area contributed by atoms with E-state index in [1.807, 2.05) is 43.3 Å². The molecular formula is C19H23NO3. The summed E-state index contributed by atoms with van der Waals surface area (Å²) < 4.78 is 0. The van der Waals surface area contributed by atoms with Crippen LogP contribution in [-0.2, 0) is 11.2 Å². The van der Waals surface area contributed by atoms with Gasteiger partial charge in [-0.15, -0.1) is 0 Å². The van der Waals surface area contributed by atoms with Crippen molar-refractivity contribution in [1.29, 1.82) is 0 Å². The van der Waals surface area contributed by atoms with Crippen LogP contribution in [0.1, 0.15) is 29.2 Å². The number of aliphatic hydroxyl groups excluding tert-OH is 1. The number of likely N-dealkylation sites (N-methyl/N-ethyl adjacent to an activating group) is 1. The smallest absolute Gasteiger partial charge is 0.227 e. The molecule has 2 N–H and O–H groups in total. The lowest BCUT2D eigenvalue weighted by Crippen LogP contribution is -2.33. The topological polar surface area (TPSA) is 60.8 Å². The first-order chi connectivity index (χ1) is 11.0. The third-order valence-corrected chi connectivity index (χ3v) is 4.08. The van der Waals surface area contributed by atoms with Gasteiger partial charge in [-0.05, 0) is 36.1 Å². The zero-order valence-electron chi connectivity index (χ0n) is 13.6. The van der Waals surface area contributed by atoms with Crippen LogP contribution in [0.2, 0.25) is 0 Å². The number of hydrogen-bond donors (Lipinski definition) is 2. The molecule has 0 fully saturated rings. The van der Waals surface area contributed by atoms with E-state index in [4.69, 9.17) is 0 Å². The third-order valence-electron chi connectivity index (χ3n) is 4.08. The number of carbonyl (C=O) groups is 1. The predicted octanol–water partition coefficient (Wildman–Crippen LogP) is 2.83. The number of phenols is 1. The normalized spacial score (nSPS) is 12.0. The van der Waals surface area contributed by atoms with Gasteiger partial charge >= 0.3 is 0 Å². The van der Waals surface area contributed by atoms with Crippen LogP contribution >= 0.6 is 0 Å². The van der Waals surface area contributed by atoms with Gasteiger partial charge in [-0.1, -0.05) is 42.5 Å². The van der Waals surface area contributed by atoms with Crippen molar-refractivity contribution >= 4 is 5.91 Å². The van der Waals surface area contributed by atoms with E-state index in [1.54, 1.807) is 24.1 Å². The van der Waals surface area contributed by atoms with Crippen molar-refractivity contribution in [3.8, 4) is 5.75 Å². The average molecular weight is 313 g/mol. The molecule has 1 atom stereocenters. The van der Waals surface area contributed by atoms with Gasteiger partial charge in [0, 0.05) is 13.7 Å². The minimum absolute atomic E-state index is 0.0164. The van der Waals surface area contributed by atoms with Crippen molar-refractivity contribution in [2.45, 2.75) is 25.8 Å². The van der Waals surface area contributed by atoms with Gasteiger partial charge in [0.2, 0.25) is 5.91 Å². The molecule has 0 spiro atoms. The number of phenolic OH excluding ortho intramolecular Hbond substituents is 1. The Bertz CT molecular complexity index is 655. The number of rotatable bonds is 6. The lowest BCUT2D eigenvalue weighted by atomic mass is 10.0. The second-order valence-electron chi connectivity index (χ2n) is 5.74. The standard InChI is InChI=1S/C19H23NO3/c1-14-8-9-15(12-18(14)22)13-19(23)20(2)17(10-11-21)16-6-4-3-5-7-16/h3-9,12,17,21-22H,10-11,13H2,1-2H3/t17-/m0/s1. The van der Waals surface area contributed by atoms with Crippen LogP contribution in [0.15, 0.2) is 48.5 Å². The number of amides is 1. The quantitative estimate of drug-likeness (QED) is 0.862. The maximum absolute atomic E-state index is 12.6. The molecule has 0 aliphatic rings. The van der Waals surface area contributed by atoms with Crippen molar-refractivity contribution in [3.05, 3.63) is 65.2 Å². The summed E-state index contributed by atoms with van der Waals surface area (Å²) in [6.45, 7) is 1.84. The first-order valence-electron chi connectivity index (χ1n) is 7.73. The second-order valence-corrected chi connectivity index (χ2v) is 5.74. The summed E-state index contributed by atoms with van der Waals surface area (Å²) >= 11 is 0. The monoisotopic (exact) mass is 313 g/mol.